The van der Waals surface area contributed by atoms with Gasteiger partial charge in [-0.15, -0.1) is 0 Å². The number of methoxy groups -OCH3 is 1. The maximum Gasteiger partial charge on any atom is 0.333 e. The summed E-state index contributed by atoms with van der Waals surface area (Å²) in [6, 6.07) is 4.81. The first-order valence-corrected chi connectivity index (χ1v) is 6.54. The Hall–Kier alpha value is -1.82. The average Bonchev–Trinajstić information content (AvgIpc) is 2.34. The van der Waals surface area contributed by atoms with E-state index in [1.165, 1.54) is 13.2 Å². The van der Waals surface area contributed by atoms with Gasteiger partial charge in [-0.05, 0) is 31.4 Å². The molecule has 0 aliphatic rings. The van der Waals surface area contributed by atoms with Crippen LogP contribution in [0.1, 0.15) is 27.2 Å². The van der Waals surface area contributed by atoms with E-state index in [2.05, 4.69) is 5.32 Å². The predicted molar refractivity (Wildman–Crippen MR) is 78.2 cm³/mol. The van der Waals surface area contributed by atoms with Crippen molar-refractivity contribution in [3.05, 3.63) is 28.3 Å². The van der Waals surface area contributed by atoms with Crippen molar-refractivity contribution in [2.45, 2.75) is 32.8 Å². The summed E-state index contributed by atoms with van der Waals surface area (Å²) in [5.41, 5.74) is -0.695. The number of nitrogens with one attached hydrogen (secondary N) is 1. The lowest BCUT2D eigenvalue weighted by molar-refractivity contribution is -0.384. The molecule has 0 bridgehead atoms. The molecule has 0 aliphatic heterocycles. The second kappa shape index (κ2) is 6.56. The van der Waals surface area contributed by atoms with Gasteiger partial charge in [0.1, 0.15) is 5.69 Å². The number of nitro benzene ring substituents is 1. The minimum atomic E-state index is -0.925. The van der Waals surface area contributed by atoms with Crippen molar-refractivity contribution in [3.63, 3.8) is 0 Å². The highest BCUT2D eigenvalue weighted by Gasteiger charge is 2.25. The zero-order valence-electron chi connectivity index (χ0n) is 12.3. The van der Waals surface area contributed by atoms with Gasteiger partial charge >= 0.3 is 5.69 Å². The van der Waals surface area contributed by atoms with Crippen molar-refractivity contribution in [1.29, 1.82) is 0 Å². The van der Waals surface area contributed by atoms with E-state index in [0.29, 0.717) is 18.0 Å². The monoisotopic (exact) mass is 282 g/mol. The van der Waals surface area contributed by atoms with Crippen LogP contribution in [0.25, 0.3) is 0 Å². The molecule has 6 heteroatoms. The molecule has 0 spiro atoms. The second-order valence-corrected chi connectivity index (χ2v) is 5.56. The SMILES string of the molecule is COc1cccc(NCC(C)(O)CC(C)C)c1[N+](=O)[O-]. The van der Waals surface area contributed by atoms with Gasteiger partial charge in [-0.3, -0.25) is 10.1 Å². The summed E-state index contributed by atoms with van der Waals surface area (Å²) in [4.78, 5) is 10.6. The van der Waals surface area contributed by atoms with Gasteiger partial charge in [0.05, 0.1) is 17.6 Å². The molecular weight excluding hydrogens is 260 g/mol. The van der Waals surface area contributed by atoms with Crippen molar-refractivity contribution >= 4 is 11.4 Å². The van der Waals surface area contributed by atoms with Gasteiger partial charge in [-0.25, -0.2) is 0 Å². The van der Waals surface area contributed by atoms with Crippen molar-refractivity contribution in [3.8, 4) is 5.75 Å². The molecule has 1 aromatic carbocycles. The quantitative estimate of drug-likeness (QED) is 0.593. The topological polar surface area (TPSA) is 84.6 Å². The number of nitrogens with zero attached hydrogens (tertiary/aromatic N) is 1. The van der Waals surface area contributed by atoms with E-state index in [9.17, 15) is 15.2 Å². The zero-order valence-corrected chi connectivity index (χ0v) is 12.3. The normalized spacial score (nSPS) is 13.9. The largest absolute Gasteiger partial charge is 0.490 e. The Bertz CT molecular complexity index is 472. The first-order valence-electron chi connectivity index (χ1n) is 6.54. The van der Waals surface area contributed by atoms with Crippen LogP contribution in [0.2, 0.25) is 0 Å². The molecule has 1 rings (SSSR count). The molecule has 2 N–H and O–H groups in total. The smallest absolute Gasteiger partial charge is 0.333 e. The predicted octanol–water partition coefficient (Wildman–Crippen LogP) is 2.81. The van der Waals surface area contributed by atoms with E-state index >= 15 is 0 Å². The Morgan fingerprint density at radius 2 is 2.15 bits per heavy atom. The fourth-order valence-electron chi connectivity index (χ4n) is 2.26. The standard InChI is InChI=1S/C14H22N2O4/c1-10(2)8-14(3,17)9-15-11-6-5-7-12(20-4)13(11)16(18)19/h5-7,10,15,17H,8-9H2,1-4H3. The molecule has 6 nitrogen and oxygen atoms in total. The lowest BCUT2D eigenvalue weighted by Gasteiger charge is -2.26. The molecule has 1 aromatic rings. The molecule has 0 fully saturated rings. The molecule has 1 atom stereocenters. The van der Waals surface area contributed by atoms with Crippen molar-refractivity contribution < 1.29 is 14.8 Å². The van der Waals surface area contributed by atoms with Crippen LogP contribution < -0.4 is 10.1 Å². The number of hydrogen-bond donors (Lipinski definition) is 2. The van der Waals surface area contributed by atoms with Crippen LogP contribution in [0, 0.1) is 16.0 Å². The fourth-order valence-corrected chi connectivity index (χ4v) is 2.26. The third-order valence-electron chi connectivity index (χ3n) is 2.91. The molecule has 1 unspecified atom stereocenters. The Labute approximate surface area is 118 Å². The summed E-state index contributed by atoms with van der Waals surface area (Å²) < 4.78 is 5.00. The van der Waals surface area contributed by atoms with Crippen LogP contribution in [0.3, 0.4) is 0 Å². The second-order valence-electron chi connectivity index (χ2n) is 5.56. The highest BCUT2D eigenvalue weighted by atomic mass is 16.6. The molecule has 0 heterocycles. The molecule has 0 aromatic heterocycles. The molecule has 0 saturated heterocycles. The average molecular weight is 282 g/mol. The summed E-state index contributed by atoms with van der Waals surface area (Å²) in [5.74, 6) is 0.538. The first kappa shape index (κ1) is 16.2. The van der Waals surface area contributed by atoms with Crippen LogP contribution in [0.5, 0.6) is 5.75 Å². The highest BCUT2D eigenvalue weighted by Crippen LogP contribution is 2.34. The highest BCUT2D eigenvalue weighted by molar-refractivity contribution is 5.68. The fraction of sp³-hybridized carbons (Fsp3) is 0.571. The van der Waals surface area contributed by atoms with Gasteiger partial charge in [-0.2, -0.15) is 0 Å². The lowest BCUT2D eigenvalue weighted by Crippen LogP contribution is -2.35. The van der Waals surface area contributed by atoms with E-state index in [1.807, 2.05) is 13.8 Å². The Morgan fingerprint density at radius 1 is 1.50 bits per heavy atom. The maximum absolute atomic E-state index is 11.1. The van der Waals surface area contributed by atoms with Crippen LogP contribution in [-0.4, -0.2) is 29.3 Å². The van der Waals surface area contributed by atoms with Gasteiger partial charge in [0, 0.05) is 6.54 Å². The van der Waals surface area contributed by atoms with E-state index < -0.39 is 10.5 Å². The number of ether oxygens (including phenoxy) is 1. The van der Waals surface area contributed by atoms with Crippen molar-refractivity contribution in [2.24, 2.45) is 5.92 Å². The van der Waals surface area contributed by atoms with Crippen LogP contribution in [-0.2, 0) is 0 Å². The molecule has 112 valence electrons. The van der Waals surface area contributed by atoms with Crippen molar-refractivity contribution in [2.75, 3.05) is 19.0 Å². The van der Waals surface area contributed by atoms with E-state index in [-0.39, 0.29) is 18.0 Å². The first-order chi connectivity index (χ1) is 9.26. The molecule has 20 heavy (non-hydrogen) atoms. The summed E-state index contributed by atoms with van der Waals surface area (Å²) >= 11 is 0. The zero-order chi connectivity index (χ0) is 15.3. The van der Waals surface area contributed by atoms with Crippen LogP contribution >= 0.6 is 0 Å². The van der Waals surface area contributed by atoms with E-state index in [0.717, 1.165) is 0 Å². The summed E-state index contributed by atoms with van der Waals surface area (Å²) in [5, 5.41) is 24.3. The number of rotatable bonds is 7. The summed E-state index contributed by atoms with van der Waals surface area (Å²) in [6.45, 7) is 5.98. The minimum absolute atomic E-state index is 0.115. The summed E-state index contributed by atoms with van der Waals surface area (Å²) in [7, 11) is 1.39. The number of anilines is 1. The number of nitro groups is 1. The Balaban J connectivity index is 2.90. The van der Waals surface area contributed by atoms with Gasteiger partial charge in [0.15, 0.2) is 5.75 Å². The number of hydrogen-bond acceptors (Lipinski definition) is 5. The van der Waals surface area contributed by atoms with Crippen molar-refractivity contribution in [1.82, 2.24) is 0 Å². The van der Waals surface area contributed by atoms with Gasteiger partial charge in [0.25, 0.3) is 0 Å². The molecule has 0 aliphatic carbocycles. The number of aliphatic hydroxyl groups is 1. The Morgan fingerprint density at radius 3 is 2.65 bits per heavy atom. The van der Waals surface area contributed by atoms with Crippen LogP contribution in [0.4, 0.5) is 11.4 Å². The molecule has 0 saturated carbocycles. The number of para-hydroxylation sites is 1. The number of benzene rings is 1. The Kier molecular flexibility index (Phi) is 5.33. The molecular formula is C14H22N2O4. The molecule has 0 amide bonds. The third kappa shape index (κ3) is 4.38. The summed E-state index contributed by atoms with van der Waals surface area (Å²) in [6.07, 6.45) is 0.609. The van der Waals surface area contributed by atoms with Gasteiger partial charge in [0.2, 0.25) is 0 Å². The van der Waals surface area contributed by atoms with Crippen LogP contribution in [0.15, 0.2) is 18.2 Å². The molecule has 0 radical (unpaired) electrons. The lowest BCUT2D eigenvalue weighted by atomic mass is 9.94. The minimum Gasteiger partial charge on any atom is -0.490 e. The van der Waals surface area contributed by atoms with Gasteiger partial charge in [-0.1, -0.05) is 19.9 Å². The van der Waals surface area contributed by atoms with E-state index in [1.54, 1.807) is 19.1 Å². The third-order valence-corrected chi connectivity index (χ3v) is 2.91. The van der Waals surface area contributed by atoms with Gasteiger partial charge < -0.3 is 15.2 Å². The maximum atomic E-state index is 11.1. The van der Waals surface area contributed by atoms with E-state index in [4.69, 9.17) is 4.74 Å².